The first kappa shape index (κ1) is 13.7. The second kappa shape index (κ2) is 5.99. The molecule has 1 aliphatic carbocycles. The normalized spacial score (nSPS) is 16.6. The smallest absolute Gasteiger partial charge is 0.142 e. The van der Waals surface area contributed by atoms with Crippen molar-refractivity contribution < 1.29 is 0 Å². The van der Waals surface area contributed by atoms with Gasteiger partial charge in [-0.05, 0) is 37.9 Å². The number of nitrogens with zero attached hydrogens (tertiary/aromatic N) is 3. The number of pyridine rings is 1. The lowest BCUT2D eigenvalue weighted by molar-refractivity contribution is 0.213. The number of likely N-dealkylation sites (N-methyl/N-ethyl adjacent to an activating group) is 1. The molecule has 1 atom stereocenters. The van der Waals surface area contributed by atoms with E-state index in [-0.39, 0.29) is 0 Å². The van der Waals surface area contributed by atoms with Crippen LogP contribution in [-0.2, 0) is 6.54 Å². The van der Waals surface area contributed by atoms with E-state index in [4.69, 9.17) is 10.7 Å². The average molecular weight is 288 g/mol. The van der Waals surface area contributed by atoms with Gasteiger partial charge in [-0.25, -0.2) is 4.98 Å². The van der Waals surface area contributed by atoms with Crippen LogP contribution < -0.4 is 5.73 Å². The van der Waals surface area contributed by atoms with E-state index in [9.17, 15) is 0 Å². The van der Waals surface area contributed by atoms with E-state index in [1.807, 2.05) is 18.2 Å². The lowest BCUT2D eigenvalue weighted by Gasteiger charge is -2.26. The predicted molar refractivity (Wildman–Crippen MR) is 82.4 cm³/mol. The molecule has 2 heterocycles. The van der Waals surface area contributed by atoms with Gasteiger partial charge in [-0.2, -0.15) is 0 Å². The molecule has 3 rings (SSSR count). The van der Waals surface area contributed by atoms with Crippen molar-refractivity contribution in [2.24, 2.45) is 11.7 Å². The molecular formula is C15H20N4S. The summed E-state index contributed by atoms with van der Waals surface area (Å²) in [7, 11) is 2.15. The minimum absolute atomic E-state index is 0.495. The van der Waals surface area contributed by atoms with Gasteiger partial charge in [-0.3, -0.25) is 9.88 Å². The zero-order valence-corrected chi connectivity index (χ0v) is 12.5. The molecule has 1 aliphatic rings. The largest absolute Gasteiger partial charge is 0.329 e. The van der Waals surface area contributed by atoms with Crippen molar-refractivity contribution in [3.05, 3.63) is 35.5 Å². The summed E-state index contributed by atoms with van der Waals surface area (Å²) in [6, 6.07) is 6.41. The maximum Gasteiger partial charge on any atom is 0.142 e. The van der Waals surface area contributed by atoms with Gasteiger partial charge in [0, 0.05) is 30.7 Å². The fourth-order valence-corrected chi connectivity index (χ4v) is 3.36. The number of nitrogens with two attached hydrogens (primary N) is 1. The summed E-state index contributed by atoms with van der Waals surface area (Å²) in [6.07, 6.45) is 4.45. The Hall–Kier alpha value is -1.30. The van der Waals surface area contributed by atoms with Crippen LogP contribution in [0.3, 0.4) is 0 Å². The van der Waals surface area contributed by atoms with E-state index in [0.717, 1.165) is 35.4 Å². The molecule has 0 aromatic carbocycles. The van der Waals surface area contributed by atoms with Crippen molar-refractivity contribution in [3.8, 4) is 10.7 Å². The third-order valence-corrected chi connectivity index (χ3v) is 4.73. The lowest BCUT2D eigenvalue weighted by atomic mass is 10.1. The molecule has 0 radical (unpaired) electrons. The molecule has 4 nitrogen and oxygen atoms in total. The molecule has 2 N–H and O–H groups in total. The molecular weight excluding hydrogens is 268 g/mol. The molecule has 2 aromatic rings. The van der Waals surface area contributed by atoms with Crippen molar-refractivity contribution >= 4 is 11.3 Å². The predicted octanol–water partition coefficient (Wildman–Crippen LogP) is 2.37. The average Bonchev–Trinajstić information content (AvgIpc) is 3.19. The van der Waals surface area contributed by atoms with Crippen molar-refractivity contribution in [2.75, 3.05) is 13.6 Å². The molecule has 0 bridgehead atoms. The van der Waals surface area contributed by atoms with Crippen LogP contribution in [0.5, 0.6) is 0 Å². The second-order valence-corrected chi connectivity index (χ2v) is 6.27. The topological polar surface area (TPSA) is 55.0 Å². The van der Waals surface area contributed by atoms with Gasteiger partial charge >= 0.3 is 0 Å². The highest BCUT2D eigenvalue weighted by Gasteiger charge is 2.32. The minimum atomic E-state index is 0.495. The molecule has 1 saturated carbocycles. The fourth-order valence-electron chi connectivity index (χ4n) is 2.57. The van der Waals surface area contributed by atoms with Crippen LogP contribution >= 0.6 is 11.3 Å². The van der Waals surface area contributed by atoms with Crippen molar-refractivity contribution in [1.82, 2.24) is 14.9 Å². The maximum absolute atomic E-state index is 5.90. The molecule has 0 amide bonds. The zero-order valence-electron chi connectivity index (χ0n) is 11.7. The summed E-state index contributed by atoms with van der Waals surface area (Å²) in [6.45, 7) is 1.60. The number of hydrogen-bond acceptors (Lipinski definition) is 5. The Balaban J connectivity index is 1.68. The number of aromatic nitrogens is 2. The van der Waals surface area contributed by atoms with Crippen LogP contribution in [0.1, 0.15) is 18.5 Å². The van der Waals surface area contributed by atoms with E-state index >= 15 is 0 Å². The Morgan fingerprint density at radius 1 is 1.45 bits per heavy atom. The first-order valence-electron chi connectivity index (χ1n) is 7.04. The molecule has 2 aromatic heterocycles. The van der Waals surface area contributed by atoms with Crippen LogP contribution in [0.15, 0.2) is 29.8 Å². The lowest BCUT2D eigenvalue weighted by Crippen LogP contribution is -2.39. The van der Waals surface area contributed by atoms with E-state index in [2.05, 4.69) is 22.3 Å². The molecule has 1 unspecified atom stereocenters. The Morgan fingerprint density at radius 3 is 2.95 bits per heavy atom. The molecule has 106 valence electrons. The van der Waals surface area contributed by atoms with Crippen LogP contribution in [0, 0.1) is 5.92 Å². The Bertz CT molecular complexity index is 550. The molecule has 0 spiro atoms. The van der Waals surface area contributed by atoms with E-state index in [1.54, 1.807) is 17.5 Å². The van der Waals surface area contributed by atoms with E-state index in [0.29, 0.717) is 6.04 Å². The van der Waals surface area contributed by atoms with Gasteiger partial charge in [0.25, 0.3) is 0 Å². The number of thiazole rings is 1. The van der Waals surface area contributed by atoms with Gasteiger partial charge in [0.2, 0.25) is 0 Å². The number of rotatable bonds is 6. The van der Waals surface area contributed by atoms with E-state index in [1.165, 1.54) is 12.8 Å². The van der Waals surface area contributed by atoms with Crippen LogP contribution in [-0.4, -0.2) is 34.5 Å². The van der Waals surface area contributed by atoms with Gasteiger partial charge in [0.1, 0.15) is 5.01 Å². The molecule has 0 aliphatic heterocycles. The third-order valence-electron chi connectivity index (χ3n) is 3.82. The van der Waals surface area contributed by atoms with Gasteiger partial charge in [0.15, 0.2) is 0 Å². The van der Waals surface area contributed by atoms with Crippen LogP contribution in [0.4, 0.5) is 0 Å². The number of hydrogen-bond donors (Lipinski definition) is 1. The summed E-state index contributed by atoms with van der Waals surface area (Å²) in [4.78, 5) is 11.4. The summed E-state index contributed by atoms with van der Waals surface area (Å²) < 4.78 is 0. The van der Waals surface area contributed by atoms with Gasteiger partial charge in [0.05, 0.1) is 11.4 Å². The maximum atomic E-state index is 5.90. The Kier molecular flexibility index (Phi) is 4.10. The monoisotopic (exact) mass is 288 g/mol. The molecule has 0 saturated heterocycles. The fraction of sp³-hybridized carbons (Fsp3) is 0.467. The van der Waals surface area contributed by atoms with Crippen molar-refractivity contribution in [1.29, 1.82) is 0 Å². The second-order valence-electron chi connectivity index (χ2n) is 5.41. The standard InChI is InChI=1S/C15H20N4S/c1-19(14(8-16)11-5-6-11)9-12-10-20-15(18-12)13-4-2-3-7-17-13/h2-4,7,10-11,14H,5-6,8-9,16H2,1H3. The zero-order chi connectivity index (χ0) is 13.9. The van der Waals surface area contributed by atoms with E-state index < -0.39 is 0 Å². The summed E-state index contributed by atoms with van der Waals surface area (Å²) in [5.41, 5.74) is 7.95. The summed E-state index contributed by atoms with van der Waals surface area (Å²) in [5, 5.41) is 3.12. The molecule has 1 fully saturated rings. The van der Waals surface area contributed by atoms with Crippen molar-refractivity contribution in [3.63, 3.8) is 0 Å². The minimum Gasteiger partial charge on any atom is -0.329 e. The van der Waals surface area contributed by atoms with Gasteiger partial charge in [-0.1, -0.05) is 6.07 Å². The Morgan fingerprint density at radius 2 is 2.30 bits per heavy atom. The highest BCUT2D eigenvalue weighted by Crippen LogP contribution is 2.35. The van der Waals surface area contributed by atoms with Gasteiger partial charge in [-0.15, -0.1) is 11.3 Å². The molecule has 5 heteroatoms. The highest BCUT2D eigenvalue weighted by atomic mass is 32.1. The summed E-state index contributed by atoms with van der Waals surface area (Å²) >= 11 is 1.66. The van der Waals surface area contributed by atoms with Crippen LogP contribution in [0.25, 0.3) is 10.7 Å². The van der Waals surface area contributed by atoms with Gasteiger partial charge < -0.3 is 5.73 Å². The SMILES string of the molecule is CN(Cc1csc(-c2ccccn2)n1)C(CN)C1CC1. The Labute approximate surface area is 123 Å². The summed E-state index contributed by atoms with van der Waals surface area (Å²) in [5.74, 6) is 0.791. The molecule has 20 heavy (non-hydrogen) atoms. The first-order valence-corrected chi connectivity index (χ1v) is 7.92. The third kappa shape index (κ3) is 3.06. The first-order chi connectivity index (χ1) is 9.78. The quantitative estimate of drug-likeness (QED) is 0.886. The highest BCUT2D eigenvalue weighted by molar-refractivity contribution is 7.13. The van der Waals surface area contributed by atoms with Crippen LogP contribution in [0.2, 0.25) is 0 Å². The van der Waals surface area contributed by atoms with Crippen molar-refractivity contribution in [2.45, 2.75) is 25.4 Å².